The number of rotatable bonds is 12. The quantitative estimate of drug-likeness (QED) is 0.275. The first-order chi connectivity index (χ1) is 12.9. The zero-order valence-electron chi connectivity index (χ0n) is 18.2. The van der Waals surface area contributed by atoms with Crippen LogP contribution in [0.1, 0.15) is 73.1 Å². The number of nitrogens with one attached hydrogen (secondary N) is 1. The molecule has 0 amide bonds. The fourth-order valence-electron chi connectivity index (χ4n) is 3.39. The highest BCUT2D eigenvalue weighted by atomic mass is 14.9. The first-order valence-electron chi connectivity index (χ1n) is 10.3. The highest BCUT2D eigenvalue weighted by Crippen LogP contribution is 2.23. The van der Waals surface area contributed by atoms with Crippen molar-refractivity contribution >= 4 is 0 Å². The topological polar surface area (TPSA) is 12.0 Å². The summed E-state index contributed by atoms with van der Waals surface area (Å²) in [7, 11) is 0. The molecule has 1 unspecified atom stereocenters. The van der Waals surface area contributed by atoms with E-state index in [4.69, 9.17) is 0 Å². The van der Waals surface area contributed by atoms with Gasteiger partial charge in [-0.2, -0.15) is 0 Å². The number of hydrogen-bond acceptors (Lipinski definition) is 1. The van der Waals surface area contributed by atoms with Crippen LogP contribution in [0.15, 0.2) is 83.2 Å². The first kappa shape index (κ1) is 23.0. The lowest BCUT2D eigenvalue weighted by Crippen LogP contribution is -2.26. The normalized spacial score (nSPS) is 16.7. The third kappa shape index (κ3) is 8.95. The average Bonchev–Trinajstić information content (AvgIpc) is 3.03. The summed E-state index contributed by atoms with van der Waals surface area (Å²) in [4.78, 5) is 0. The molecule has 0 aromatic rings. The smallest absolute Gasteiger partial charge is 0.0476 e. The molecule has 0 aromatic carbocycles. The summed E-state index contributed by atoms with van der Waals surface area (Å²) in [5, 5.41) is 3.66. The van der Waals surface area contributed by atoms with Crippen molar-refractivity contribution in [3.8, 4) is 0 Å². The molecule has 1 aliphatic rings. The summed E-state index contributed by atoms with van der Waals surface area (Å²) in [5.74, 6) is 0. The van der Waals surface area contributed by atoms with Gasteiger partial charge in [0.1, 0.15) is 0 Å². The fourth-order valence-corrected chi connectivity index (χ4v) is 3.39. The van der Waals surface area contributed by atoms with E-state index < -0.39 is 0 Å². The molecule has 0 aliphatic heterocycles. The number of allylic oxidation sites excluding steroid dienone is 9. The predicted octanol–water partition coefficient (Wildman–Crippen LogP) is 7.73. The maximum absolute atomic E-state index is 4.09. The van der Waals surface area contributed by atoms with E-state index in [0.29, 0.717) is 0 Å². The molecule has 0 fully saturated rings. The molecule has 0 aromatic heterocycles. The Morgan fingerprint density at radius 1 is 1.30 bits per heavy atom. The summed E-state index contributed by atoms with van der Waals surface area (Å²) >= 11 is 0. The van der Waals surface area contributed by atoms with Crippen LogP contribution in [0.25, 0.3) is 0 Å². The largest absolute Gasteiger partial charge is 0.382 e. The minimum absolute atomic E-state index is 0.280. The minimum Gasteiger partial charge on any atom is -0.382 e. The van der Waals surface area contributed by atoms with E-state index in [0.717, 1.165) is 32.1 Å². The fraction of sp³-hybridized carbons (Fsp3) is 0.462. The summed E-state index contributed by atoms with van der Waals surface area (Å²) in [6.45, 7) is 19.0. The van der Waals surface area contributed by atoms with Gasteiger partial charge in [0.2, 0.25) is 0 Å². The molecule has 0 spiro atoms. The van der Waals surface area contributed by atoms with Crippen LogP contribution in [0.2, 0.25) is 0 Å². The number of hydrogen-bond donors (Lipinski definition) is 1. The summed E-state index contributed by atoms with van der Waals surface area (Å²) in [6.07, 6.45) is 19.6. The molecule has 1 atom stereocenters. The van der Waals surface area contributed by atoms with Crippen LogP contribution in [0.3, 0.4) is 0 Å². The van der Waals surface area contributed by atoms with Gasteiger partial charge in [0.25, 0.3) is 0 Å². The van der Waals surface area contributed by atoms with E-state index in [1.54, 1.807) is 0 Å². The van der Waals surface area contributed by atoms with Crippen LogP contribution >= 0.6 is 0 Å². The maximum atomic E-state index is 4.09. The van der Waals surface area contributed by atoms with Crippen LogP contribution in [-0.4, -0.2) is 6.04 Å². The van der Waals surface area contributed by atoms with E-state index >= 15 is 0 Å². The summed E-state index contributed by atoms with van der Waals surface area (Å²) in [6, 6.07) is 0.280. The second-order valence-electron chi connectivity index (χ2n) is 7.82. The molecule has 148 valence electrons. The van der Waals surface area contributed by atoms with E-state index in [9.17, 15) is 0 Å². The van der Waals surface area contributed by atoms with E-state index in [-0.39, 0.29) is 6.04 Å². The molecule has 1 nitrogen and oxygen atoms in total. The zero-order chi connectivity index (χ0) is 20.2. The van der Waals surface area contributed by atoms with Gasteiger partial charge in [-0.05, 0) is 59.0 Å². The second kappa shape index (κ2) is 12.4. The summed E-state index contributed by atoms with van der Waals surface area (Å²) < 4.78 is 0. The van der Waals surface area contributed by atoms with Crippen molar-refractivity contribution in [1.82, 2.24) is 5.32 Å². The molecule has 0 heterocycles. The summed E-state index contributed by atoms with van der Waals surface area (Å²) in [5.41, 5.74) is 8.29. The monoisotopic (exact) mass is 365 g/mol. The SMILES string of the molecule is C=CC(CC1=CC=C(C)C1)N/C(=C/C)C/C=C\C(CC(=C)C)=C(/C)CCC. The Morgan fingerprint density at radius 3 is 2.56 bits per heavy atom. The molecule has 27 heavy (non-hydrogen) atoms. The maximum Gasteiger partial charge on any atom is 0.0476 e. The first-order valence-corrected chi connectivity index (χ1v) is 10.3. The van der Waals surface area contributed by atoms with Crippen LogP contribution in [0.4, 0.5) is 0 Å². The molecule has 0 bridgehead atoms. The molecule has 0 radical (unpaired) electrons. The van der Waals surface area contributed by atoms with Crippen LogP contribution in [0, 0.1) is 0 Å². The molecule has 0 saturated heterocycles. The molecule has 1 N–H and O–H groups in total. The Labute approximate surface area is 168 Å². The van der Waals surface area contributed by atoms with Gasteiger partial charge in [0, 0.05) is 18.2 Å². The van der Waals surface area contributed by atoms with Crippen molar-refractivity contribution in [3.05, 3.63) is 83.2 Å². The van der Waals surface area contributed by atoms with Gasteiger partial charge >= 0.3 is 0 Å². The molecular formula is C26H39N. The standard InChI is InChI=1S/C26H39N/c1-8-12-22(7)24(17-20(4)5)13-11-14-25(9-2)27-26(10-3)19-23-16-15-21(6)18-23/h9-11,13,15-16,26-27H,3-4,8,12,14,17-19H2,1-2,5-7H3/b13-11-,24-22-,25-9+. The lowest BCUT2D eigenvalue weighted by molar-refractivity contribution is 0.646. The van der Waals surface area contributed by atoms with Gasteiger partial charge in [-0.25, -0.2) is 0 Å². The van der Waals surface area contributed by atoms with Crippen LogP contribution < -0.4 is 5.32 Å². The lowest BCUT2D eigenvalue weighted by Gasteiger charge is -2.19. The van der Waals surface area contributed by atoms with Gasteiger partial charge < -0.3 is 5.32 Å². The lowest BCUT2D eigenvalue weighted by atomic mass is 9.98. The van der Waals surface area contributed by atoms with Crippen LogP contribution in [-0.2, 0) is 0 Å². The molecular weight excluding hydrogens is 326 g/mol. The van der Waals surface area contributed by atoms with E-state index in [1.165, 1.54) is 40.0 Å². The van der Waals surface area contributed by atoms with E-state index in [2.05, 4.69) is 83.5 Å². The Kier molecular flexibility index (Phi) is 10.6. The molecule has 1 heteroatoms. The Morgan fingerprint density at radius 2 is 2.04 bits per heavy atom. The van der Waals surface area contributed by atoms with Gasteiger partial charge in [0.15, 0.2) is 0 Å². The Balaban J connectivity index is 2.67. The van der Waals surface area contributed by atoms with Gasteiger partial charge in [-0.15, -0.1) is 6.58 Å². The van der Waals surface area contributed by atoms with Crippen molar-refractivity contribution in [3.63, 3.8) is 0 Å². The zero-order valence-corrected chi connectivity index (χ0v) is 18.2. The highest BCUT2D eigenvalue weighted by Gasteiger charge is 2.11. The second-order valence-corrected chi connectivity index (χ2v) is 7.82. The van der Waals surface area contributed by atoms with Crippen molar-refractivity contribution in [1.29, 1.82) is 0 Å². The third-order valence-corrected chi connectivity index (χ3v) is 4.92. The van der Waals surface area contributed by atoms with Gasteiger partial charge in [-0.1, -0.05) is 78.7 Å². The highest BCUT2D eigenvalue weighted by molar-refractivity contribution is 5.31. The third-order valence-electron chi connectivity index (χ3n) is 4.92. The van der Waals surface area contributed by atoms with Crippen molar-refractivity contribution in [2.75, 3.05) is 0 Å². The van der Waals surface area contributed by atoms with E-state index in [1.807, 2.05) is 6.08 Å². The van der Waals surface area contributed by atoms with Crippen LogP contribution in [0.5, 0.6) is 0 Å². The van der Waals surface area contributed by atoms with Crippen molar-refractivity contribution in [2.45, 2.75) is 79.2 Å². The molecule has 1 aliphatic carbocycles. The minimum atomic E-state index is 0.280. The van der Waals surface area contributed by atoms with Gasteiger partial charge in [0.05, 0.1) is 0 Å². The van der Waals surface area contributed by atoms with Gasteiger partial charge in [-0.3, -0.25) is 0 Å². The average molecular weight is 366 g/mol. The molecule has 0 saturated carbocycles. The Bertz CT molecular complexity index is 664. The van der Waals surface area contributed by atoms with Crippen molar-refractivity contribution in [2.24, 2.45) is 0 Å². The van der Waals surface area contributed by atoms with Crippen molar-refractivity contribution < 1.29 is 0 Å². The predicted molar refractivity (Wildman–Crippen MR) is 123 cm³/mol. The Hall–Kier alpha value is -2.02. The molecule has 1 rings (SSSR count).